The van der Waals surface area contributed by atoms with Crippen molar-refractivity contribution in [3.05, 3.63) is 88.4 Å². The number of hydrogen-bond acceptors (Lipinski definition) is 3. The molecule has 150 valence electrons. The molecule has 0 bridgehead atoms. The van der Waals surface area contributed by atoms with Crippen LogP contribution in [0.5, 0.6) is 11.5 Å². The van der Waals surface area contributed by atoms with Crippen molar-refractivity contribution < 1.29 is 14.3 Å². The fourth-order valence-corrected chi connectivity index (χ4v) is 3.04. The van der Waals surface area contributed by atoms with Crippen LogP contribution in [0.2, 0.25) is 5.02 Å². The minimum atomic E-state index is -0.239. The van der Waals surface area contributed by atoms with Gasteiger partial charge >= 0.3 is 0 Å². The third kappa shape index (κ3) is 6.26. The van der Waals surface area contributed by atoms with Crippen molar-refractivity contribution in [3.63, 3.8) is 0 Å². The van der Waals surface area contributed by atoms with Crippen molar-refractivity contribution in [2.75, 3.05) is 18.5 Å². The van der Waals surface area contributed by atoms with Gasteiger partial charge in [0, 0.05) is 23.2 Å². The molecule has 1 N–H and O–H groups in total. The Bertz CT molecular complexity index is 950. The van der Waals surface area contributed by atoms with Gasteiger partial charge in [0.1, 0.15) is 11.5 Å². The quantitative estimate of drug-likeness (QED) is 0.527. The Morgan fingerprint density at radius 2 is 1.62 bits per heavy atom. The number of carbonyl (C=O) groups is 1. The lowest BCUT2D eigenvalue weighted by atomic mass is 10.1. The van der Waals surface area contributed by atoms with Gasteiger partial charge in [-0.3, -0.25) is 4.79 Å². The Kier molecular flexibility index (Phi) is 7.14. The number of ether oxygens (including phenoxy) is 2. The number of halogens is 1. The molecule has 0 aliphatic carbocycles. The van der Waals surface area contributed by atoms with Gasteiger partial charge in [0.05, 0.1) is 6.61 Å². The number of hydrogen-bond donors (Lipinski definition) is 1. The maximum atomic E-state index is 12.2. The second-order valence-corrected chi connectivity index (χ2v) is 7.20. The first-order chi connectivity index (χ1) is 14.0. The summed E-state index contributed by atoms with van der Waals surface area (Å²) in [6, 6.07) is 21.2. The van der Waals surface area contributed by atoms with E-state index in [1.165, 1.54) is 5.56 Å². The van der Waals surface area contributed by atoms with Crippen LogP contribution in [0.1, 0.15) is 16.7 Å². The Hall–Kier alpha value is -2.98. The first-order valence-electron chi connectivity index (χ1n) is 9.47. The lowest BCUT2D eigenvalue weighted by Gasteiger charge is -2.11. The van der Waals surface area contributed by atoms with Crippen LogP contribution in [0.25, 0.3) is 0 Å². The van der Waals surface area contributed by atoms with Crippen molar-refractivity contribution in [3.8, 4) is 11.5 Å². The largest absolute Gasteiger partial charge is 0.493 e. The van der Waals surface area contributed by atoms with Crippen molar-refractivity contribution in [2.24, 2.45) is 0 Å². The van der Waals surface area contributed by atoms with Crippen LogP contribution in [0.15, 0.2) is 66.7 Å². The molecule has 1 amide bonds. The number of anilines is 1. The summed E-state index contributed by atoms with van der Waals surface area (Å²) >= 11 is 6.16. The van der Waals surface area contributed by atoms with Gasteiger partial charge in [0.2, 0.25) is 0 Å². The maximum Gasteiger partial charge on any atom is 0.262 e. The zero-order valence-electron chi connectivity index (χ0n) is 16.6. The highest BCUT2D eigenvalue weighted by atomic mass is 35.5. The van der Waals surface area contributed by atoms with Crippen LogP contribution in [0, 0.1) is 13.8 Å². The zero-order chi connectivity index (χ0) is 20.6. The minimum Gasteiger partial charge on any atom is -0.493 e. The lowest BCUT2D eigenvalue weighted by Crippen LogP contribution is -2.20. The molecule has 0 aliphatic rings. The summed E-state index contributed by atoms with van der Waals surface area (Å²) in [6.45, 7) is 4.30. The standard InChI is InChI=1S/C24H24ClNO3/c1-17-13-22(14-18(2)24(17)25)29-16-23(27)26-20-9-6-10-21(15-20)28-12-11-19-7-4-3-5-8-19/h3-10,13-15H,11-12,16H2,1-2H3,(H,26,27). The Balaban J connectivity index is 1.49. The van der Waals surface area contributed by atoms with Crippen molar-refractivity contribution in [1.29, 1.82) is 0 Å². The topological polar surface area (TPSA) is 47.6 Å². The normalized spacial score (nSPS) is 10.4. The van der Waals surface area contributed by atoms with Gasteiger partial charge in [0.25, 0.3) is 5.91 Å². The Morgan fingerprint density at radius 3 is 2.34 bits per heavy atom. The van der Waals surface area contributed by atoms with Gasteiger partial charge in [0.15, 0.2) is 6.61 Å². The molecule has 3 aromatic carbocycles. The Labute approximate surface area is 176 Å². The highest BCUT2D eigenvalue weighted by Gasteiger charge is 2.08. The van der Waals surface area contributed by atoms with E-state index in [1.807, 2.05) is 62.4 Å². The fraction of sp³-hybridized carbons (Fsp3) is 0.208. The number of nitrogens with one attached hydrogen (secondary N) is 1. The summed E-state index contributed by atoms with van der Waals surface area (Å²) in [6.07, 6.45) is 0.825. The number of amides is 1. The molecule has 5 heteroatoms. The van der Waals surface area contributed by atoms with Gasteiger partial charge in [-0.15, -0.1) is 0 Å². The number of aryl methyl sites for hydroxylation is 2. The van der Waals surface area contributed by atoms with E-state index in [0.717, 1.165) is 17.5 Å². The monoisotopic (exact) mass is 409 g/mol. The summed E-state index contributed by atoms with van der Waals surface area (Å²) in [5.74, 6) is 1.10. The average molecular weight is 410 g/mol. The molecule has 4 nitrogen and oxygen atoms in total. The molecular weight excluding hydrogens is 386 g/mol. The predicted octanol–water partition coefficient (Wildman–Crippen LogP) is 5.60. The predicted molar refractivity (Wildman–Crippen MR) is 117 cm³/mol. The van der Waals surface area contributed by atoms with E-state index in [-0.39, 0.29) is 12.5 Å². The fourth-order valence-electron chi connectivity index (χ4n) is 2.93. The first-order valence-corrected chi connectivity index (χ1v) is 9.85. The molecule has 0 atom stereocenters. The van der Waals surface area contributed by atoms with Crippen LogP contribution in [-0.4, -0.2) is 19.1 Å². The van der Waals surface area contributed by atoms with Gasteiger partial charge < -0.3 is 14.8 Å². The van der Waals surface area contributed by atoms with E-state index in [0.29, 0.717) is 28.8 Å². The van der Waals surface area contributed by atoms with Crippen molar-refractivity contribution in [2.45, 2.75) is 20.3 Å². The van der Waals surface area contributed by atoms with Gasteiger partial charge in [-0.2, -0.15) is 0 Å². The average Bonchev–Trinajstić information content (AvgIpc) is 2.71. The number of benzene rings is 3. The zero-order valence-corrected chi connectivity index (χ0v) is 17.3. The van der Waals surface area contributed by atoms with E-state index in [4.69, 9.17) is 21.1 Å². The molecule has 3 rings (SSSR count). The molecule has 0 saturated heterocycles. The van der Waals surface area contributed by atoms with Crippen LogP contribution in [-0.2, 0) is 11.2 Å². The van der Waals surface area contributed by atoms with Crippen LogP contribution in [0.4, 0.5) is 5.69 Å². The molecule has 0 saturated carbocycles. The second kappa shape index (κ2) is 9.99. The van der Waals surface area contributed by atoms with Crippen LogP contribution < -0.4 is 14.8 Å². The van der Waals surface area contributed by atoms with E-state index < -0.39 is 0 Å². The van der Waals surface area contributed by atoms with Gasteiger partial charge in [-0.1, -0.05) is 48.0 Å². The van der Waals surface area contributed by atoms with E-state index in [9.17, 15) is 4.79 Å². The highest BCUT2D eigenvalue weighted by molar-refractivity contribution is 6.32. The summed E-state index contributed by atoms with van der Waals surface area (Å²) < 4.78 is 11.4. The summed E-state index contributed by atoms with van der Waals surface area (Å²) in [4.78, 5) is 12.2. The highest BCUT2D eigenvalue weighted by Crippen LogP contribution is 2.26. The SMILES string of the molecule is Cc1cc(OCC(=O)Nc2cccc(OCCc3ccccc3)c2)cc(C)c1Cl. The number of rotatable bonds is 8. The first kappa shape index (κ1) is 20.7. The van der Waals surface area contributed by atoms with Crippen molar-refractivity contribution in [1.82, 2.24) is 0 Å². The Morgan fingerprint density at radius 1 is 0.897 bits per heavy atom. The summed E-state index contributed by atoms with van der Waals surface area (Å²) in [7, 11) is 0. The van der Waals surface area contributed by atoms with E-state index in [1.54, 1.807) is 6.07 Å². The smallest absolute Gasteiger partial charge is 0.262 e. The van der Waals surface area contributed by atoms with E-state index >= 15 is 0 Å². The minimum absolute atomic E-state index is 0.0837. The third-order valence-electron chi connectivity index (χ3n) is 4.40. The summed E-state index contributed by atoms with van der Waals surface area (Å²) in [5.41, 5.74) is 3.73. The molecule has 0 aliphatic heterocycles. The second-order valence-electron chi connectivity index (χ2n) is 6.82. The van der Waals surface area contributed by atoms with Gasteiger partial charge in [-0.05, 0) is 54.8 Å². The number of carbonyl (C=O) groups excluding carboxylic acids is 1. The van der Waals surface area contributed by atoms with Gasteiger partial charge in [-0.25, -0.2) is 0 Å². The molecule has 3 aromatic rings. The molecule has 0 unspecified atom stereocenters. The molecule has 29 heavy (non-hydrogen) atoms. The molecular formula is C24H24ClNO3. The van der Waals surface area contributed by atoms with Crippen LogP contribution in [0.3, 0.4) is 0 Å². The molecule has 0 aromatic heterocycles. The third-order valence-corrected chi connectivity index (χ3v) is 5.00. The summed E-state index contributed by atoms with van der Waals surface area (Å²) in [5, 5.41) is 3.55. The van der Waals surface area contributed by atoms with Crippen LogP contribution >= 0.6 is 11.6 Å². The lowest BCUT2D eigenvalue weighted by molar-refractivity contribution is -0.118. The maximum absolute atomic E-state index is 12.2. The van der Waals surface area contributed by atoms with Crippen molar-refractivity contribution >= 4 is 23.2 Å². The molecule has 0 fully saturated rings. The molecule has 0 heterocycles. The molecule has 0 spiro atoms. The van der Waals surface area contributed by atoms with E-state index in [2.05, 4.69) is 17.4 Å². The molecule has 0 radical (unpaired) electrons.